The zero-order chi connectivity index (χ0) is 17.2. The Bertz CT molecular complexity index is 1010. The lowest BCUT2D eigenvalue weighted by Gasteiger charge is -2.27. The van der Waals surface area contributed by atoms with Crippen LogP contribution in [-0.4, -0.2) is 27.6 Å². The molecule has 3 aromatic rings. The number of carbonyl (C=O) groups excluding carboxylic acids is 1. The smallest absolute Gasteiger partial charge is 0.273 e. The Morgan fingerprint density at radius 3 is 2.56 bits per heavy atom. The van der Waals surface area contributed by atoms with Crippen molar-refractivity contribution in [2.45, 2.75) is 18.4 Å². The molecule has 1 aliphatic carbocycles. The van der Waals surface area contributed by atoms with E-state index in [0.717, 1.165) is 34.3 Å². The van der Waals surface area contributed by atoms with E-state index in [2.05, 4.69) is 28.1 Å². The number of rotatable bonds is 1. The molecule has 1 fully saturated rings. The van der Waals surface area contributed by atoms with E-state index in [-0.39, 0.29) is 11.4 Å². The van der Waals surface area contributed by atoms with Gasteiger partial charge in [0.1, 0.15) is 5.69 Å². The van der Waals surface area contributed by atoms with E-state index in [1.165, 1.54) is 5.56 Å². The Morgan fingerprint density at radius 1 is 1.08 bits per heavy atom. The van der Waals surface area contributed by atoms with Gasteiger partial charge in [-0.2, -0.15) is 5.10 Å². The largest absolute Gasteiger partial charge is 0.331 e. The summed E-state index contributed by atoms with van der Waals surface area (Å²) >= 11 is 3.57. The first-order valence-electron chi connectivity index (χ1n) is 8.34. The van der Waals surface area contributed by atoms with Crippen LogP contribution in [0.15, 0.2) is 59.1 Å². The number of carbonyl (C=O) groups is 1. The summed E-state index contributed by atoms with van der Waals surface area (Å²) in [6.07, 6.45) is 2.00. The lowest BCUT2D eigenvalue weighted by Crippen LogP contribution is -2.36. The number of nitrogens with zero attached hydrogens (tertiary/aromatic N) is 3. The number of halogens is 1. The molecule has 1 saturated carbocycles. The summed E-state index contributed by atoms with van der Waals surface area (Å²) in [6, 6.07) is 18.1. The summed E-state index contributed by atoms with van der Waals surface area (Å²) < 4.78 is 2.80. The van der Waals surface area contributed by atoms with Gasteiger partial charge in [0.2, 0.25) is 0 Å². The molecule has 25 heavy (non-hydrogen) atoms. The summed E-state index contributed by atoms with van der Waals surface area (Å²) in [5.74, 6) is 0.0273. The van der Waals surface area contributed by atoms with Crippen LogP contribution in [0.5, 0.6) is 0 Å². The van der Waals surface area contributed by atoms with E-state index < -0.39 is 0 Å². The molecule has 5 rings (SSSR count). The van der Waals surface area contributed by atoms with Crippen LogP contribution >= 0.6 is 15.9 Å². The van der Waals surface area contributed by atoms with Crippen LogP contribution in [0.3, 0.4) is 0 Å². The molecule has 0 radical (unpaired) electrons. The van der Waals surface area contributed by atoms with Gasteiger partial charge in [-0.25, -0.2) is 4.68 Å². The number of amides is 1. The van der Waals surface area contributed by atoms with Gasteiger partial charge in [-0.3, -0.25) is 4.79 Å². The average Bonchev–Trinajstić information content (AvgIpc) is 3.33. The van der Waals surface area contributed by atoms with Crippen molar-refractivity contribution in [1.29, 1.82) is 0 Å². The highest BCUT2D eigenvalue weighted by molar-refractivity contribution is 9.10. The fourth-order valence-electron chi connectivity index (χ4n) is 3.81. The van der Waals surface area contributed by atoms with Crippen molar-refractivity contribution >= 4 is 21.8 Å². The van der Waals surface area contributed by atoms with Crippen molar-refractivity contribution in [2.24, 2.45) is 0 Å². The van der Waals surface area contributed by atoms with Crippen molar-refractivity contribution in [3.05, 3.63) is 70.3 Å². The summed E-state index contributed by atoms with van der Waals surface area (Å²) in [5, 5.41) is 4.79. The normalized spacial score (nSPS) is 17.2. The molecule has 4 nitrogen and oxygen atoms in total. The Labute approximate surface area is 154 Å². The van der Waals surface area contributed by atoms with E-state index in [4.69, 9.17) is 5.10 Å². The predicted octanol–water partition coefficient (Wildman–Crippen LogP) is 4.38. The molecule has 2 heterocycles. The third-order valence-corrected chi connectivity index (χ3v) is 5.85. The van der Waals surface area contributed by atoms with Crippen LogP contribution in [0, 0.1) is 0 Å². The maximum atomic E-state index is 13.1. The molecule has 2 aliphatic rings. The molecular formula is C20H16BrN3O. The maximum Gasteiger partial charge on any atom is 0.273 e. The predicted molar refractivity (Wildman–Crippen MR) is 99.7 cm³/mol. The van der Waals surface area contributed by atoms with Crippen LogP contribution in [0.2, 0.25) is 0 Å². The van der Waals surface area contributed by atoms with Crippen LogP contribution in [0.4, 0.5) is 0 Å². The standard InChI is InChI=1S/C20H16BrN3O/c1-23-19(25)18-12-16(13-5-3-2-4-6-13)22-24(18)17-11-14(21)7-8-15(17)20(23)9-10-20/h2-8,11-12H,9-10H2,1H3. The topological polar surface area (TPSA) is 38.1 Å². The Hall–Kier alpha value is -2.40. The lowest BCUT2D eigenvalue weighted by molar-refractivity contribution is 0.0704. The van der Waals surface area contributed by atoms with Gasteiger partial charge >= 0.3 is 0 Å². The Morgan fingerprint density at radius 2 is 1.84 bits per heavy atom. The molecule has 5 heteroatoms. The minimum atomic E-state index is -0.180. The third-order valence-electron chi connectivity index (χ3n) is 5.36. The highest BCUT2D eigenvalue weighted by Crippen LogP contribution is 2.54. The van der Waals surface area contributed by atoms with Crippen LogP contribution in [-0.2, 0) is 5.54 Å². The molecule has 1 aliphatic heterocycles. The fraction of sp³-hybridized carbons (Fsp3) is 0.200. The minimum Gasteiger partial charge on any atom is -0.331 e. The minimum absolute atomic E-state index is 0.0273. The summed E-state index contributed by atoms with van der Waals surface area (Å²) in [7, 11) is 1.91. The lowest BCUT2D eigenvalue weighted by atomic mass is 10.0. The number of aromatic nitrogens is 2. The molecule has 0 atom stereocenters. The third kappa shape index (κ3) is 2.05. The van der Waals surface area contributed by atoms with Crippen molar-refractivity contribution in [3.8, 4) is 16.9 Å². The van der Waals surface area contributed by atoms with Gasteiger partial charge in [0.25, 0.3) is 5.91 Å². The van der Waals surface area contributed by atoms with Crippen LogP contribution < -0.4 is 0 Å². The van der Waals surface area contributed by atoms with Gasteiger partial charge in [-0.15, -0.1) is 0 Å². The van der Waals surface area contributed by atoms with Crippen molar-refractivity contribution in [2.75, 3.05) is 7.05 Å². The summed E-state index contributed by atoms with van der Waals surface area (Å²) in [6.45, 7) is 0. The second-order valence-corrected chi connectivity index (χ2v) is 7.67. The first-order chi connectivity index (χ1) is 12.1. The highest BCUT2D eigenvalue weighted by Gasteiger charge is 2.53. The van der Waals surface area contributed by atoms with Crippen LogP contribution in [0.25, 0.3) is 16.9 Å². The van der Waals surface area contributed by atoms with E-state index in [0.29, 0.717) is 5.69 Å². The van der Waals surface area contributed by atoms with Gasteiger partial charge in [0.15, 0.2) is 0 Å². The SMILES string of the molecule is CN1C(=O)c2cc(-c3ccccc3)nn2-c2cc(Br)ccc2C12CC2. The second-order valence-electron chi connectivity index (χ2n) is 6.75. The maximum absolute atomic E-state index is 13.1. The first-order valence-corrected chi connectivity index (χ1v) is 9.13. The van der Waals surface area contributed by atoms with Gasteiger partial charge in [0, 0.05) is 22.6 Å². The second kappa shape index (κ2) is 5.05. The van der Waals surface area contributed by atoms with E-state index >= 15 is 0 Å². The molecule has 1 aromatic heterocycles. The van der Waals surface area contributed by atoms with E-state index in [1.54, 1.807) is 0 Å². The van der Waals surface area contributed by atoms with Gasteiger partial charge in [-0.05, 0) is 31.0 Å². The molecular weight excluding hydrogens is 378 g/mol. The van der Waals surface area contributed by atoms with Crippen molar-refractivity contribution in [1.82, 2.24) is 14.7 Å². The molecule has 0 saturated heterocycles. The van der Waals surface area contributed by atoms with Gasteiger partial charge < -0.3 is 4.90 Å². The quantitative estimate of drug-likeness (QED) is 0.615. The summed E-state index contributed by atoms with van der Waals surface area (Å²) in [5.41, 5.74) is 4.42. The Balaban J connectivity index is 1.79. The highest BCUT2D eigenvalue weighted by atomic mass is 79.9. The number of fused-ring (bicyclic) bond motifs is 4. The molecule has 1 spiro atoms. The number of benzene rings is 2. The molecule has 0 N–H and O–H groups in total. The number of hydrogen-bond acceptors (Lipinski definition) is 2. The van der Waals surface area contributed by atoms with Crippen molar-refractivity contribution in [3.63, 3.8) is 0 Å². The van der Waals surface area contributed by atoms with Gasteiger partial charge in [-0.1, -0.05) is 52.3 Å². The molecule has 2 aromatic carbocycles. The fourth-order valence-corrected chi connectivity index (χ4v) is 4.16. The average molecular weight is 394 g/mol. The molecule has 124 valence electrons. The van der Waals surface area contributed by atoms with E-state index in [9.17, 15) is 4.79 Å². The monoisotopic (exact) mass is 393 g/mol. The first kappa shape index (κ1) is 14.9. The molecule has 0 unspecified atom stereocenters. The van der Waals surface area contributed by atoms with Crippen LogP contribution in [0.1, 0.15) is 28.9 Å². The molecule has 1 amide bonds. The van der Waals surface area contributed by atoms with Crippen molar-refractivity contribution < 1.29 is 4.79 Å². The molecule has 0 bridgehead atoms. The van der Waals surface area contributed by atoms with E-state index in [1.807, 2.05) is 59.1 Å². The number of hydrogen-bond donors (Lipinski definition) is 0. The Kier molecular flexibility index (Phi) is 3.01. The van der Waals surface area contributed by atoms with Gasteiger partial charge in [0.05, 0.1) is 16.9 Å². The zero-order valence-corrected chi connectivity index (χ0v) is 15.3. The zero-order valence-electron chi connectivity index (χ0n) is 13.7. The summed E-state index contributed by atoms with van der Waals surface area (Å²) in [4.78, 5) is 15.0.